The number of rotatable bonds is 4. The highest BCUT2D eigenvalue weighted by molar-refractivity contribution is 7.99. The maximum absolute atomic E-state index is 3.26. The van der Waals surface area contributed by atoms with E-state index in [1.807, 2.05) is 0 Å². The van der Waals surface area contributed by atoms with E-state index in [4.69, 9.17) is 0 Å². The third-order valence-electron chi connectivity index (χ3n) is 1.02. The maximum atomic E-state index is 3.26. The lowest BCUT2D eigenvalue weighted by molar-refractivity contribution is 0.878. The van der Waals surface area contributed by atoms with E-state index >= 15 is 0 Å². The van der Waals surface area contributed by atoms with Crippen LogP contribution in [0, 0.1) is 0 Å². The summed E-state index contributed by atoms with van der Waals surface area (Å²) in [5.74, 6) is 0. The second-order valence-corrected chi connectivity index (χ2v) is 4.07. The lowest BCUT2D eigenvalue weighted by Gasteiger charge is -1.96. The van der Waals surface area contributed by atoms with Crippen molar-refractivity contribution in [3.05, 3.63) is 17.5 Å². The Labute approximate surface area is 70.0 Å². The highest BCUT2D eigenvalue weighted by Gasteiger charge is 1.90. The van der Waals surface area contributed by atoms with E-state index in [-0.39, 0.29) is 0 Å². The van der Waals surface area contributed by atoms with E-state index in [0.29, 0.717) is 0 Å². The van der Waals surface area contributed by atoms with Gasteiger partial charge in [-0.15, -0.1) is 11.3 Å². The van der Waals surface area contributed by atoms with Crippen molar-refractivity contribution < 1.29 is 0 Å². The molecule has 1 aromatic heterocycles. The van der Waals surface area contributed by atoms with Crippen molar-refractivity contribution in [2.75, 3.05) is 6.54 Å². The van der Waals surface area contributed by atoms with Crippen molar-refractivity contribution >= 4 is 23.3 Å². The van der Waals surface area contributed by atoms with Crippen molar-refractivity contribution in [1.29, 1.82) is 0 Å². The molecule has 1 aromatic rings. The molecule has 0 bridgehead atoms. The Morgan fingerprint density at radius 2 is 2.60 bits per heavy atom. The first-order chi connectivity index (χ1) is 4.93. The zero-order valence-corrected chi connectivity index (χ0v) is 7.60. The topological polar surface area (TPSA) is 12.0 Å². The molecule has 0 atom stereocenters. The van der Waals surface area contributed by atoms with Gasteiger partial charge >= 0.3 is 0 Å². The average molecular weight is 173 g/mol. The van der Waals surface area contributed by atoms with Crippen LogP contribution < -0.4 is 4.72 Å². The van der Waals surface area contributed by atoms with Crippen LogP contribution >= 0.6 is 23.3 Å². The summed E-state index contributed by atoms with van der Waals surface area (Å²) >= 11 is 3.49. The monoisotopic (exact) mass is 173 g/mol. The van der Waals surface area contributed by atoms with Crippen molar-refractivity contribution in [3.63, 3.8) is 0 Å². The summed E-state index contributed by atoms with van der Waals surface area (Å²) in [6.07, 6.45) is 1.19. The van der Waals surface area contributed by atoms with Crippen LogP contribution in [0.2, 0.25) is 0 Å². The average Bonchev–Trinajstić information content (AvgIpc) is 2.41. The predicted octanol–water partition coefficient (Wildman–Crippen LogP) is 2.75. The van der Waals surface area contributed by atoms with Gasteiger partial charge in [-0.2, -0.15) is 0 Å². The smallest absolute Gasteiger partial charge is 0.0751 e. The summed E-state index contributed by atoms with van der Waals surface area (Å²) < 4.78 is 4.61. The highest BCUT2D eigenvalue weighted by atomic mass is 32.2. The fourth-order valence-corrected chi connectivity index (χ4v) is 2.13. The second-order valence-electron chi connectivity index (χ2n) is 1.93. The van der Waals surface area contributed by atoms with Gasteiger partial charge in [0.2, 0.25) is 0 Å². The summed E-state index contributed by atoms with van der Waals surface area (Å²) in [6, 6.07) is 4.19. The first-order valence-electron chi connectivity index (χ1n) is 3.36. The summed E-state index contributed by atoms with van der Waals surface area (Å²) in [5.41, 5.74) is 0. The van der Waals surface area contributed by atoms with Crippen LogP contribution in [0.15, 0.2) is 21.7 Å². The van der Waals surface area contributed by atoms with Crippen LogP contribution in [-0.4, -0.2) is 6.54 Å². The zero-order chi connectivity index (χ0) is 7.23. The molecule has 0 amide bonds. The number of hydrogen-bond acceptors (Lipinski definition) is 3. The van der Waals surface area contributed by atoms with Crippen LogP contribution in [0.5, 0.6) is 0 Å². The van der Waals surface area contributed by atoms with E-state index in [9.17, 15) is 0 Å². The highest BCUT2D eigenvalue weighted by Crippen LogP contribution is 2.19. The van der Waals surface area contributed by atoms with E-state index < -0.39 is 0 Å². The molecular formula is C7H11NS2. The number of hydrogen-bond donors (Lipinski definition) is 1. The quantitative estimate of drug-likeness (QED) is 0.555. The van der Waals surface area contributed by atoms with Crippen LogP contribution in [0.1, 0.15) is 13.3 Å². The molecule has 56 valence electrons. The molecule has 0 spiro atoms. The third-order valence-corrected chi connectivity index (χ3v) is 2.91. The Morgan fingerprint density at radius 3 is 3.20 bits per heavy atom. The van der Waals surface area contributed by atoms with E-state index in [1.54, 1.807) is 23.3 Å². The molecule has 1 N–H and O–H groups in total. The standard InChI is InChI=1S/C7H11NS2/c1-2-5-8-10-7-4-3-6-9-7/h3-4,6,8H,2,5H2,1H3. The summed E-state index contributed by atoms with van der Waals surface area (Å²) in [7, 11) is 0. The SMILES string of the molecule is CCCNSc1cccs1. The molecule has 1 heterocycles. The van der Waals surface area contributed by atoms with Crippen LogP contribution in [-0.2, 0) is 0 Å². The normalized spacial score (nSPS) is 10.1. The van der Waals surface area contributed by atoms with E-state index in [2.05, 4.69) is 29.2 Å². The van der Waals surface area contributed by atoms with E-state index in [0.717, 1.165) is 6.54 Å². The maximum Gasteiger partial charge on any atom is 0.0751 e. The van der Waals surface area contributed by atoms with Gasteiger partial charge < -0.3 is 0 Å². The van der Waals surface area contributed by atoms with Crippen molar-refractivity contribution in [2.24, 2.45) is 0 Å². The first kappa shape index (κ1) is 8.11. The van der Waals surface area contributed by atoms with Gasteiger partial charge in [-0.1, -0.05) is 13.0 Å². The predicted molar refractivity (Wildman–Crippen MR) is 48.5 cm³/mol. The molecule has 0 radical (unpaired) electrons. The minimum Gasteiger partial charge on any atom is -0.259 e. The van der Waals surface area contributed by atoms with Gasteiger partial charge in [-0.3, -0.25) is 4.72 Å². The fraction of sp³-hybridized carbons (Fsp3) is 0.429. The molecule has 0 aliphatic rings. The fourth-order valence-electron chi connectivity index (χ4n) is 0.546. The molecule has 10 heavy (non-hydrogen) atoms. The minimum atomic E-state index is 1.09. The lowest BCUT2D eigenvalue weighted by atomic mass is 10.5. The molecule has 1 rings (SSSR count). The molecule has 0 saturated heterocycles. The van der Waals surface area contributed by atoms with Gasteiger partial charge in [0.25, 0.3) is 0 Å². The molecule has 0 aliphatic heterocycles. The summed E-state index contributed by atoms with van der Waals surface area (Å²) in [4.78, 5) is 0. The van der Waals surface area contributed by atoms with Crippen LogP contribution in [0.3, 0.4) is 0 Å². The van der Waals surface area contributed by atoms with Gasteiger partial charge in [0.15, 0.2) is 0 Å². The van der Waals surface area contributed by atoms with Gasteiger partial charge in [-0.25, -0.2) is 0 Å². The van der Waals surface area contributed by atoms with Gasteiger partial charge in [0, 0.05) is 6.54 Å². The molecule has 3 heteroatoms. The molecule has 0 saturated carbocycles. The second kappa shape index (κ2) is 4.77. The molecule has 0 aromatic carbocycles. The molecule has 0 fully saturated rings. The number of nitrogens with one attached hydrogen (secondary N) is 1. The van der Waals surface area contributed by atoms with Crippen molar-refractivity contribution in [1.82, 2.24) is 4.72 Å². The Hall–Kier alpha value is 0.01000. The lowest BCUT2D eigenvalue weighted by Crippen LogP contribution is -2.02. The van der Waals surface area contributed by atoms with Crippen LogP contribution in [0.4, 0.5) is 0 Å². The van der Waals surface area contributed by atoms with Gasteiger partial charge in [-0.05, 0) is 29.8 Å². The van der Waals surface area contributed by atoms with Gasteiger partial charge in [0.1, 0.15) is 0 Å². The van der Waals surface area contributed by atoms with Crippen molar-refractivity contribution in [3.8, 4) is 0 Å². The van der Waals surface area contributed by atoms with Gasteiger partial charge in [0.05, 0.1) is 4.21 Å². The molecule has 1 nitrogen and oxygen atoms in total. The Bertz CT molecular complexity index is 160. The van der Waals surface area contributed by atoms with Crippen LogP contribution in [0.25, 0.3) is 0 Å². The minimum absolute atomic E-state index is 1.09. The summed E-state index contributed by atoms with van der Waals surface area (Å²) in [6.45, 7) is 3.25. The molecule has 0 unspecified atom stereocenters. The van der Waals surface area contributed by atoms with Crippen molar-refractivity contribution in [2.45, 2.75) is 17.6 Å². The number of thiophene rings is 1. The Balaban J connectivity index is 2.15. The Kier molecular flexibility index (Phi) is 3.87. The zero-order valence-electron chi connectivity index (χ0n) is 5.96. The molecule has 0 aliphatic carbocycles. The Morgan fingerprint density at radius 1 is 1.70 bits per heavy atom. The third kappa shape index (κ3) is 2.73. The summed E-state index contributed by atoms with van der Waals surface area (Å²) in [5, 5.41) is 2.09. The first-order valence-corrected chi connectivity index (χ1v) is 5.06. The largest absolute Gasteiger partial charge is 0.259 e. The molecular weight excluding hydrogens is 162 g/mol. The van der Waals surface area contributed by atoms with E-state index in [1.165, 1.54) is 10.6 Å².